The Labute approximate surface area is 178 Å². The van der Waals surface area contributed by atoms with Crippen LogP contribution in [0.5, 0.6) is 11.5 Å². The van der Waals surface area contributed by atoms with E-state index in [9.17, 15) is 0 Å². The van der Waals surface area contributed by atoms with E-state index in [1.807, 2.05) is 55.5 Å². The lowest BCUT2D eigenvalue weighted by molar-refractivity contribution is 0.111. The molecule has 0 aromatic heterocycles. The SMILES string of the molecule is CCNC(=NCC(OC)c1ccccc1)Nc1ccc(OC)c(OC)c1.I. The van der Waals surface area contributed by atoms with Gasteiger partial charge in [0, 0.05) is 25.4 Å². The van der Waals surface area contributed by atoms with Crippen molar-refractivity contribution in [3.05, 3.63) is 54.1 Å². The van der Waals surface area contributed by atoms with Gasteiger partial charge in [-0.3, -0.25) is 0 Å². The summed E-state index contributed by atoms with van der Waals surface area (Å²) in [6.07, 6.45) is -0.0999. The zero-order chi connectivity index (χ0) is 18.8. The van der Waals surface area contributed by atoms with Crippen LogP contribution < -0.4 is 20.1 Å². The molecule has 0 aliphatic rings. The Hall–Kier alpha value is -2.00. The Balaban J connectivity index is 0.00000364. The minimum Gasteiger partial charge on any atom is -0.493 e. The molecule has 0 amide bonds. The van der Waals surface area contributed by atoms with Gasteiger partial charge in [0.15, 0.2) is 17.5 Å². The Morgan fingerprint density at radius 2 is 1.70 bits per heavy atom. The molecule has 0 radical (unpaired) electrons. The molecule has 6 nitrogen and oxygen atoms in total. The molecule has 0 spiro atoms. The first-order valence-corrected chi connectivity index (χ1v) is 8.56. The fourth-order valence-electron chi connectivity index (χ4n) is 2.52. The molecule has 1 atom stereocenters. The minimum absolute atomic E-state index is 0. The maximum Gasteiger partial charge on any atom is 0.195 e. The minimum atomic E-state index is -0.0999. The number of benzene rings is 2. The van der Waals surface area contributed by atoms with Crippen molar-refractivity contribution in [2.75, 3.05) is 39.7 Å². The first kappa shape index (κ1) is 23.0. The lowest BCUT2D eigenvalue weighted by Crippen LogP contribution is -2.31. The van der Waals surface area contributed by atoms with Crippen molar-refractivity contribution in [2.24, 2.45) is 4.99 Å². The lowest BCUT2D eigenvalue weighted by Gasteiger charge is -2.16. The predicted molar refractivity (Wildman–Crippen MR) is 121 cm³/mol. The molecular formula is C20H28IN3O3. The van der Waals surface area contributed by atoms with Gasteiger partial charge in [0.05, 0.1) is 20.8 Å². The van der Waals surface area contributed by atoms with Gasteiger partial charge < -0.3 is 24.8 Å². The normalized spacial score (nSPS) is 11.9. The van der Waals surface area contributed by atoms with Crippen molar-refractivity contribution in [3.8, 4) is 11.5 Å². The highest BCUT2D eigenvalue weighted by Crippen LogP contribution is 2.29. The second-order valence-corrected chi connectivity index (χ2v) is 5.55. The Kier molecular flexibility index (Phi) is 10.6. The van der Waals surface area contributed by atoms with Gasteiger partial charge in [-0.15, -0.1) is 24.0 Å². The van der Waals surface area contributed by atoms with E-state index in [1.165, 1.54) is 0 Å². The number of halogens is 1. The van der Waals surface area contributed by atoms with Crippen molar-refractivity contribution in [1.29, 1.82) is 0 Å². The van der Waals surface area contributed by atoms with Crippen LogP contribution in [-0.2, 0) is 4.74 Å². The second kappa shape index (κ2) is 12.4. The first-order valence-electron chi connectivity index (χ1n) is 8.56. The number of aliphatic imine (C=N–C) groups is 1. The molecule has 0 bridgehead atoms. The number of ether oxygens (including phenoxy) is 3. The number of rotatable bonds is 8. The van der Waals surface area contributed by atoms with Crippen molar-refractivity contribution in [2.45, 2.75) is 13.0 Å². The molecule has 0 aliphatic heterocycles. The molecule has 27 heavy (non-hydrogen) atoms. The molecule has 7 heteroatoms. The molecule has 2 rings (SSSR count). The molecule has 2 N–H and O–H groups in total. The Bertz CT molecular complexity index is 711. The summed E-state index contributed by atoms with van der Waals surface area (Å²) in [6.45, 7) is 3.28. The maximum atomic E-state index is 5.58. The summed E-state index contributed by atoms with van der Waals surface area (Å²) in [7, 11) is 4.93. The second-order valence-electron chi connectivity index (χ2n) is 5.55. The standard InChI is InChI=1S/C20H27N3O3.HI/c1-5-21-20(22-14-19(26-4)15-9-7-6-8-10-15)23-16-11-12-17(24-2)18(13-16)25-3;/h6-13,19H,5,14H2,1-4H3,(H2,21,22,23);1H. The van der Waals surface area contributed by atoms with Gasteiger partial charge in [-0.05, 0) is 24.6 Å². The van der Waals surface area contributed by atoms with Gasteiger partial charge in [0.25, 0.3) is 0 Å². The number of anilines is 1. The topological polar surface area (TPSA) is 64.1 Å². The molecule has 1 unspecified atom stereocenters. The zero-order valence-corrected chi connectivity index (χ0v) is 18.5. The first-order chi connectivity index (χ1) is 12.7. The van der Waals surface area contributed by atoms with Crippen LogP contribution in [0.3, 0.4) is 0 Å². The van der Waals surface area contributed by atoms with E-state index < -0.39 is 0 Å². The number of hydrogen-bond acceptors (Lipinski definition) is 4. The van der Waals surface area contributed by atoms with Gasteiger partial charge in [0.1, 0.15) is 6.10 Å². The van der Waals surface area contributed by atoms with Crippen LogP contribution in [0.15, 0.2) is 53.5 Å². The molecular weight excluding hydrogens is 457 g/mol. The van der Waals surface area contributed by atoms with Crippen LogP contribution in [-0.4, -0.2) is 40.4 Å². The van der Waals surface area contributed by atoms with Crippen LogP contribution in [0.2, 0.25) is 0 Å². The average molecular weight is 485 g/mol. The van der Waals surface area contributed by atoms with E-state index in [4.69, 9.17) is 14.2 Å². The van der Waals surface area contributed by atoms with Gasteiger partial charge in [-0.2, -0.15) is 0 Å². The molecule has 0 saturated heterocycles. The van der Waals surface area contributed by atoms with Crippen LogP contribution in [0.1, 0.15) is 18.6 Å². The van der Waals surface area contributed by atoms with Gasteiger partial charge in [0.2, 0.25) is 0 Å². The molecule has 2 aromatic rings. The van der Waals surface area contributed by atoms with Crippen molar-refractivity contribution in [3.63, 3.8) is 0 Å². The average Bonchev–Trinajstić information content (AvgIpc) is 2.69. The fraction of sp³-hybridized carbons (Fsp3) is 0.350. The largest absolute Gasteiger partial charge is 0.493 e. The Morgan fingerprint density at radius 3 is 2.30 bits per heavy atom. The van der Waals surface area contributed by atoms with Crippen molar-refractivity contribution < 1.29 is 14.2 Å². The summed E-state index contributed by atoms with van der Waals surface area (Å²) in [4.78, 5) is 4.65. The number of guanidine groups is 1. The fourth-order valence-corrected chi connectivity index (χ4v) is 2.52. The van der Waals surface area contributed by atoms with E-state index >= 15 is 0 Å². The van der Waals surface area contributed by atoms with E-state index in [-0.39, 0.29) is 30.1 Å². The Morgan fingerprint density at radius 1 is 1.00 bits per heavy atom. The summed E-state index contributed by atoms with van der Waals surface area (Å²) in [5, 5.41) is 6.52. The number of nitrogens with zero attached hydrogens (tertiary/aromatic N) is 1. The van der Waals surface area contributed by atoms with Crippen molar-refractivity contribution >= 4 is 35.6 Å². The highest BCUT2D eigenvalue weighted by Gasteiger charge is 2.11. The zero-order valence-electron chi connectivity index (χ0n) is 16.2. The highest BCUT2D eigenvalue weighted by molar-refractivity contribution is 14.0. The third kappa shape index (κ3) is 6.91. The van der Waals surface area contributed by atoms with Crippen LogP contribution in [0.25, 0.3) is 0 Å². The number of hydrogen-bond donors (Lipinski definition) is 2. The van der Waals surface area contributed by atoms with Gasteiger partial charge >= 0.3 is 0 Å². The smallest absolute Gasteiger partial charge is 0.195 e. The van der Waals surface area contributed by atoms with Gasteiger partial charge in [-0.1, -0.05) is 30.3 Å². The summed E-state index contributed by atoms with van der Waals surface area (Å²) in [5.41, 5.74) is 1.96. The van der Waals surface area contributed by atoms with Crippen molar-refractivity contribution in [1.82, 2.24) is 5.32 Å². The molecule has 0 aliphatic carbocycles. The molecule has 0 heterocycles. The van der Waals surface area contributed by atoms with Crippen LogP contribution >= 0.6 is 24.0 Å². The summed E-state index contributed by atoms with van der Waals surface area (Å²) in [6, 6.07) is 15.7. The monoisotopic (exact) mass is 485 g/mol. The molecule has 0 fully saturated rings. The van der Waals surface area contributed by atoms with Crippen LogP contribution in [0.4, 0.5) is 5.69 Å². The quantitative estimate of drug-likeness (QED) is 0.335. The van der Waals surface area contributed by atoms with Crippen LogP contribution in [0, 0.1) is 0 Å². The van der Waals surface area contributed by atoms with E-state index in [0.717, 1.165) is 17.8 Å². The molecule has 148 valence electrons. The maximum absolute atomic E-state index is 5.58. The highest BCUT2D eigenvalue weighted by atomic mass is 127. The summed E-state index contributed by atoms with van der Waals surface area (Å²) < 4.78 is 16.2. The van der Waals surface area contributed by atoms with E-state index in [1.54, 1.807) is 21.3 Å². The van der Waals surface area contributed by atoms with E-state index in [2.05, 4.69) is 15.6 Å². The third-order valence-electron chi connectivity index (χ3n) is 3.86. The number of nitrogens with one attached hydrogen (secondary N) is 2. The lowest BCUT2D eigenvalue weighted by atomic mass is 10.1. The van der Waals surface area contributed by atoms with Gasteiger partial charge in [-0.25, -0.2) is 4.99 Å². The predicted octanol–water partition coefficient (Wildman–Crippen LogP) is 4.09. The van der Waals surface area contributed by atoms with E-state index in [0.29, 0.717) is 24.0 Å². The number of methoxy groups -OCH3 is 3. The third-order valence-corrected chi connectivity index (χ3v) is 3.86. The molecule has 2 aromatic carbocycles. The summed E-state index contributed by atoms with van der Waals surface area (Å²) >= 11 is 0. The molecule has 0 saturated carbocycles. The summed E-state index contributed by atoms with van der Waals surface area (Å²) in [5.74, 6) is 2.02.